The Labute approximate surface area is 70.6 Å². The molecule has 0 aliphatic heterocycles. The maximum Gasteiger partial charge on any atom is 0.101 e. The molecule has 1 heterocycles. The molecule has 12 heavy (non-hydrogen) atoms. The summed E-state index contributed by atoms with van der Waals surface area (Å²) in [6.07, 6.45) is 3.97. The second-order valence-corrected chi connectivity index (χ2v) is 3.11. The molecule has 0 saturated heterocycles. The van der Waals surface area contributed by atoms with E-state index in [1.54, 1.807) is 6.20 Å². The van der Waals surface area contributed by atoms with Crippen LogP contribution < -0.4 is 0 Å². The fraction of sp³-hybridized carbons (Fsp3) is 0.444. The highest BCUT2D eigenvalue weighted by Gasteiger charge is 2.22. The number of aliphatic hydroxyl groups excluding tert-OH is 1. The summed E-state index contributed by atoms with van der Waals surface area (Å²) >= 11 is 0. The van der Waals surface area contributed by atoms with Crippen LogP contribution in [0.3, 0.4) is 0 Å². The van der Waals surface area contributed by atoms with Crippen molar-refractivity contribution in [2.24, 2.45) is 0 Å². The van der Waals surface area contributed by atoms with Gasteiger partial charge in [0.05, 0.1) is 11.7 Å². The minimum Gasteiger partial charge on any atom is -0.388 e. The Bertz CT molecular complexity index is 335. The minimum absolute atomic E-state index is 0.436. The van der Waals surface area contributed by atoms with E-state index in [0.717, 1.165) is 30.5 Å². The Balaban J connectivity index is 2.52. The molecule has 62 valence electrons. The number of H-pyrrole nitrogens is 1. The van der Waals surface area contributed by atoms with Gasteiger partial charge in [-0.3, -0.25) is 0 Å². The number of rotatable bonds is 0. The number of nitrogens with one attached hydrogen (secondary N) is 1. The predicted molar refractivity (Wildman–Crippen MR) is 43.4 cm³/mol. The molecule has 2 N–H and O–H groups in total. The third kappa shape index (κ3) is 0.926. The van der Waals surface area contributed by atoms with Gasteiger partial charge in [-0.15, -0.1) is 0 Å². The first-order valence-electron chi connectivity index (χ1n) is 4.11. The number of hydrogen-bond acceptors (Lipinski definition) is 2. The molecule has 1 atom stereocenters. The van der Waals surface area contributed by atoms with E-state index in [1.165, 1.54) is 0 Å². The summed E-state index contributed by atoms with van der Waals surface area (Å²) in [4.78, 5) is 3.03. The Hall–Kier alpha value is -1.27. The van der Waals surface area contributed by atoms with Crippen molar-refractivity contribution in [1.82, 2.24) is 4.98 Å². The summed E-state index contributed by atoms with van der Waals surface area (Å²) in [6, 6.07) is 2.07. The second-order valence-electron chi connectivity index (χ2n) is 3.11. The SMILES string of the molecule is N#Cc1c[nH]c2c1C(O)CCC2. The summed E-state index contributed by atoms with van der Waals surface area (Å²) in [7, 11) is 0. The van der Waals surface area contributed by atoms with Gasteiger partial charge in [0.2, 0.25) is 0 Å². The molecule has 1 aliphatic rings. The van der Waals surface area contributed by atoms with Crippen LogP contribution in [0.15, 0.2) is 6.20 Å². The molecule has 1 aliphatic carbocycles. The summed E-state index contributed by atoms with van der Waals surface area (Å²) < 4.78 is 0. The lowest BCUT2D eigenvalue weighted by molar-refractivity contribution is 0.156. The number of nitrogens with zero attached hydrogens (tertiary/aromatic N) is 1. The average Bonchev–Trinajstić information content (AvgIpc) is 2.49. The first-order valence-corrected chi connectivity index (χ1v) is 4.11. The minimum atomic E-state index is -0.436. The van der Waals surface area contributed by atoms with Gasteiger partial charge in [0.15, 0.2) is 0 Å². The number of fused-ring (bicyclic) bond motifs is 1. The fourth-order valence-electron chi connectivity index (χ4n) is 1.77. The maximum atomic E-state index is 9.59. The molecule has 0 bridgehead atoms. The largest absolute Gasteiger partial charge is 0.388 e. The smallest absolute Gasteiger partial charge is 0.101 e. The molecule has 0 spiro atoms. The zero-order valence-corrected chi connectivity index (χ0v) is 6.67. The highest BCUT2D eigenvalue weighted by atomic mass is 16.3. The standard InChI is InChI=1S/C9H10N2O/c10-4-6-5-11-7-2-1-3-8(12)9(6)7/h5,8,11-12H,1-3H2. The maximum absolute atomic E-state index is 9.59. The Morgan fingerprint density at radius 2 is 2.50 bits per heavy atom. The van der Waals surface area contributed by atoms with Crippen LogP contribution in [-0.2, 0) is 6.42 Å². The Kier molecular flexibility index (Phi) is 1.63. The molecular weight excluding hydrogens is 152 g/mol. The van der Waals surface area contributed by atoms with Crippen molar-refractivity contribution in [2.75, 3.05) is 0 Å². The lowest BCUT2D eigenvalue weighted by Crippen LogP contribution is -2.08. The molecule has 3 nitrogen and oxygen atoms in total. The first-order chi connectivity index (χ1) is 5.83. The van der Waals surface area contributed by atoms with Crippen molar-refractivity contribution < 1.29 is 5.11 Å². The summed E-state index contributed by atoms with van der Waals surface area (Å²) in [6.45, 7) is 0. The van der Waals surface area contributed by atoms with Gasteiger partial charge in [-0.2, -0.15) is 5.26 Å². The molecule has 1 aromatic heterocycles. The predicted octanol–water partition coefficient (Wildman–Crippen LogP) is 1.26. The number of aromatic nitrogens is 1. The number of aryl methyl sites for hydroxylation is 1. The Morgan fingerprint density at radius 1 is 1.67 bits per heavy atom. The van der Waals surface area contributed by atoms with E-state index in [1.807, 2.05) is 0 Å². The quantitative estimate of drug-likeness (QED) is 0.603. The van der Waals surface area contributed by atoms with Crippen LogP contribution in [0.2, 0.25) is 0 Å². The lowest BCUT2D eigenvalue weighted by atomic mass is 9.93. The topological polar surface area (TPSA) is 59.8 Å². The van der Waals surface area contributed by atoms with Gasteiger partial charge in [0, 0.05) is 17.5 Å². The summed E-state index contributed by atoms with van der Waals surface area (Å²) in [5.41, 5.74) is 2.45. The van der Waals surface area contributed by atoms with Crippen molar-refractivity contribution in [3.63, 3.8) is 0 Å². The van der Waals surface area contributed by atoms with E-state index in [2.05, 4.69) is 11.1 Å². The molecule has 0 fully saturated rings. The number of nitriles is 1. The van der Waals surface area contributed by atoms with E-state index >= 15 is 0 Å². The van der Waals surface area contributed by atoms with Gasteiger partial charge >= 0.3 is 0 Å². The Morgan fingerprint density at radius 3 is 3.25 bits per heavy atom. The monoisotopic (exact) mass is 162 g/mol. The molecular formula is C9H10N2O. The first kappa shape index (κ1) is 7.38. The van der Waals surface area contributed by atoms with E-state index in [0.29, 0.717) is 5.56 Å². The van der Waals surface area contributed by atoms with Crippen LogP contribution in [-0.4, -0.2) is 10.1 Å². The highest BCUT2D eigenvalue weighted by molar-refractivity contribution is 5.42. The molecule has 2 rings (SSSR count). The van der Waals surface area contributed by atoms with Gasteiger partial charge < -0.3 is 10.1 Å². The third-order valence-corrected chi connectivity index (χ3v) is 2.36. The summed E-state index contributed by atoms with van der Waals surface area (Å²) in [5.74, 6) is 0. The third-order valence-electron chi connectivity index (χ3n) is 2.36. The van der Waals surface area contributed by atoms with Crippen LogP contribution in [0.1, 0.15) is 35.8 Å². The van der Waals surface area contributed by atoms with Gasteiger partial charge in [0.1, 0.15) is 6.07 Å². The number of aliphatic hydroxyl groups is 1. The molecule has 0 amide bonds. The van der Waals surface area contributed by atoms with Crippen molar-refractivity contribution in [1.29, 1.82) is 5.26 Å². The van der Waals surface area contributed by atoms with Crippen molar-refractivity contribution in [2.45, 2.75) is 25.4 Å². The van der Waals surface area contributed by atoms with Gasteiger partial charge in [0.25, 0.3) is 0 Å². The molecule has 1 unspecified atom stereocenters. The van der Waals surface area contributed by atoms with Crippen molar-refractivity contribution >= 4 is 0 Å². The molecule has 0 aromatic carbocycles. The zero-order chi connectivity index (χ0) is 8.55. The van der Waals surface area contributed by atoms with Gasteiger partial charge in [-0.25, -0.2) is 0 Å². The van der Waals surface area contributed by atoms with E-state index in [-0.39, 0.29) is 0 Å². The van der Waals surface area contributed by atoms with Crippen LogP contribution in [0.25, 0.3) is 0 Å². The van der Waals surface area contributed by atoms with E-state index in [4.69, 9.17) is 5.26 Å². The average molecular weight is 162 g/mol. The van der Waals surface area contributed by atoms with E-state index < -0.39 is 6.10 Å². The molecule has 3 heteroatoms. The van der Waals surface area contributed by atoms with Crippen LogP contribution in [0.4, 0.5) is 0 Å². The highest BCUT2D eigenvalue weighted by Crippen LogP contribution is 2.31. The van der Waals surface area contributed by atoms with Crippen molar-refractivity contribution in [3.8, 4) is 6.07 Å². The van der Waals surface area contributed by atoms with Crippen LogP contribution in [0, 0.1) is 11.3 Å². The molecule has 1 aromatic rings. The van der Waals surface area contributed by atoms with Crippen LogP contribution >= 0.6 is 0 Å². The van der Waals surface area contributed by atoms with Crippen molar-refractivity contribution in [3.05, 3.63) is 23.0 Å². The lowest BCUT2D eigenvalue weighted by Gasteiger charge is -2.17. The second kappa shape index (κ2) is 2.65. The molecule has 0 radical (unpaired) electrons. The van der Waals surface area contributed by atoms with Crippen LogP contribution in [0.5, 0.6) is 0 Å². The summed E-state index contributed by atoms with van der Waals surface area (Å²) in [5, 5.41) is 18.3. The number of aromatic amines is 1. The van der Waals surface area contributed by atoms with Gasteiger partial charge in [-0.05, 0) is 19.3 Å². The van der Waals surface area contributed by atoms with E-state index in [9.17, 15) is 5.11 Å². The number of hydrogen-bond donors (Lipinski definition) is 2. The fourth-order valence-corrected chi connectivity index (χ4v) is 1.77. The zero-order valence-electron chi connectivity index (χ0n) is 6.67. The van der Waals surface area contributed by atoms with Gasteiger partial charge in [-0.1, -0.05) is 0 Å². The normalized spacial score (nSPS) is 21.5. The molecule has 0 saturated carbocycles.